The highest BCUT2D eigenvalue weighted by molar-refractivity contribution is 6.60. The average molecular weight is 240 g/mol. The van der Waals surface area contributed by atoms with E-state index in [2.05, 4.69) is 13.5 Å². The molecule has 0 aliphatic heterocycles. The molecule has 0 rings (SSSR count). The van der Waals surface area contributed by atoms with Crippen LogP contribution in [-0.4, -0.2) is 36.0 Å². The van der Waals surface area contributed by atoms with E-state index in [1.807, 2.05) is 0 Å². The van der Waals surface area contributed by atoms with Crippen molar-refractivity contribution in [3.8, 4) is 0 Å². The molecule has 0 aromatic rings. The summed E-state index contributed by atoms with van der Waals surface area (Å²) < 4.78 is 15.5. The molecule has 0 fully saturated rings. The molecule has 0 heterocycles. The summed E-state index contributed by atoms with van der Waals surface area (Å²) in [4.78, 5) is 0. The van der Waals surface area contributed by atoms with Crippen molar-refractivity contribution >= 4 is 20.4 Å². The van der Waals surface area contributed by atoms with E-state index in [4.69, 9.17) is 24.9 Å². The number of rotatable bonds is 6. The maximum absolute atomic E-state index is 5.53. The van der Waals surface area contributed by atoms with E-state index in [-0.39, 0.29) is 0 Å². The zero-order valence-corrected chi connectivity index (χ0v) is 11.0. The molecule has 0 aliphatic carbocycles. The summed E-state index contributed by atoms with van der Waals surface area (Å²) in [5.74, 6) is 0.616. The third kappa shape index (κ3) is 7.52. The van der Waals surface area contributed by atoms with Gasteiger partial charge in [0.15, 0.2) is 0 Å². The van der Waals surface area contributed by atoms with Crippen molar-refractivity contribution in [1.82, 2.24) is 0 Å². The van der Waals surface area contributed by atoms with Gasteiger partial charge in [-0.05, 0) is 13.3 Å². The molecule has 0 aliphatic rings. The molecule has 0 amide bonds. The van der Waals surface area contributed by atoms with Gasteiger partial charge in [0.25, 0.3) is 0 Å². The minimum absolute atomic E-state index is 0.616. The fourth-order valence-electron chi connectivity index (χ4n) is 0.840. The molecule has 0 aromatic carbocycles. The molecule has 3 nitrogen and oxygen atoms in total. The third-order valence-electron chi connectivity index (χ3n) is 1.55. The second-order valence-electron chi connectivity index (χ2n) is 2.38. The Hall–Kier alpha value is 0.127. The topological polar surface area (TPSA) is 27.7 Å². The summed E-state index contributed by atoms with van der Waals surface area (Å²) in [5, 5.41) is 0. The van der Waals surface area contributed by atoms with E-state index in [0.717, 1.165) is 12.5 Å². The molecule has 0 saturated carbocycles. The van der Waals surface area contributed by atoms with Crippen LogP contribution in [0.2, 0.25) is 6.04 Å². The first-order valence-corrected chi connectivity index (χ1v) is 6.74. The van der Waals surface area contributed by atoms with E-state index in [0.29, 0.717) is 5.88 Å². The first kappa shape index (κ1) is 16.6. The molecule has 0 saturated heterocycles. The lowest BCUT2D eigenvalue weighted by atomic mass is 10.6. The lowest BCUT2D eigenvalue weighted by Crippen LogP contribution is -2.42. The Morgan fingerprint density at radius 3 is 1.79 bits per heavy atom. The monoisotopic (exact) mass is 239 g/mol. The summed E-state index contributed by atoms with van der Waals surface area (Å²) in [6, 6.07) is 0.778. The quantitative estimate of drug-likeness (QED) is 0.527. The van der Waals surface area contributed by atoms with Crippen molar-refractivity contribution in [1.29, 1.82) is 0 Å². The van der Waals surface area contributed by atoms with Gasteiger partial charge in [-0.25, -0.2) is 0 Å². The first-order chi connectivity index (χ1) is 6.66. The average Bonchev–Trinajstić information content (AvgIpc) is 2.22. The van der Waals surface area contributed by atoms with Crippen molar-refractivity contribution in [3.63, 3.8) is 0 Å². The lowest BCUT2D eigenvalue weighted by molar-refractivity contribution is 0.123. The minimum atomic E-state index is -2.32. The van der Waals surface area contributed by atoms with Crippen LogP contribution >= 0.6 is 11.6 Å². The predicted octanol–water partition coefficient (Wildman–Crippen LogP) is 2.50. The van der Waals surface area contributed by atoms with Gasteiger partial charge in [0.2, 0.25) is 0 Å². The first-order valence-electron chi connectivity index (χ1n) is 4.27. The van der Waals surface area contributed by atoms with Crippen LogP contribution < -0.4 is 0 Å². The smallest absolute Gasteiger partial charge is 0.377 e. The summed E-state index contributed by atoms with van der Waals surface area (Å²) in [7, 11) is 2.49. The molecule has 0 bridgehead atoms. The van der Waals surface area contributed by atoms with Crippen LogP contribution in [0.25, 0.3) is 0 Å². The summed E-state index contributed by atoms with van der Waals surface area (Å²) in [6.07, 6.45) is 2.36. The maximum atomic E-state index is 5.53. The molecular formula is C9H20ClO3Si. The summed E-state index contributed by atoms with van der Waals surface area (Å²) >= 11 is 5.53. The zero-order valence-electron chi connectivity index (χ0n) is 9.22. The second kappa shape index (κ2) is 11.2. The van der Waals surface area contributed by atoms with E-state index in [9.17, 15) is 0 Å². The Bertz CT molecular complexity index is 121. The number of alkyl halides is 1. The molecule has 0 atom stereocenters. The van der Waals surface area contributed by atoms with Gasteiger partial charge in [0.1, 0.15) is 0 Å². The van der Waals surface area contributed by atoms with Crippen LogP contribution in [0.4, 0.5) is 0 Å². The van der Waals surface area contributed by atoms with E-state index < -0.39 is 8.80 Å². The van der Waals surface area contributed by atoms with Crippen molar-refractivity contribution in [2.75, 3.05) is 27.2 Å². The van der Waals surface area contributed by atoms with Crippen molar-refractivity contribution in [3.05, 3.63) is 19.6 Å². The fraction of sp³-hybridized carbons (Fsp3) is 0.667. The van der Waals surface area contributed by atoms with E-state index >= 15 is 0 Å². The van der Waals surface area contributed by atoms with Crippen LogP contribution in [0, 0.1) is 6.92 Å². The Kier molecular flexibility index (Phi) is 13.2. The van der Waals surface area contributed by atoms with Gasteiger partial charge in [-0.2, -0.15) is 0 Å². The highest BCUT2D eigenvalue weighted by atomic mass is 35.5. The number of halogens is 1. The van der Waals surface area contributed by atoms with E-state index in [1.54, 1.807) is 21.3 Å². The normalized spacial score (nSPS) is 10.4. The molecule has 5 heteroatoms. The number of allylic oxidation sites excluding steroid dienone is 1. The SMILES string of the molecule is CO[Si](CCCCl)(OC)OC.[CH2]C=C. The Labute approximate surface area is 93.4 Å². The highest BCUT2D eigenvalue weighted by Crippen LogP contribution is 2.14. The second-order valence-corrected chi connectivity index (χ2v) is 5.85. The Balaban J connectivity index is 0. The molecule has 0 unspecified atom stereocenters. The van der Waals surface area contributed by atoms with Crippen LogP contribution in [0.15, 0.2) is 12.7 Å². The van der Waals surface area contributed by atoms with Gasteiger partial charge in [0, 0.05) is 33.3 Å². The molecule has 85 valence electrons. The molecule has 0 spiro atoms. The molecule has 14 heavy (non-hydrogen) atoms. The van der Waals surface area contributed by atoms with E-state index in [1.165, 1.54) is 6.08 Å². The van der Waals surface area contributed by atoms with Crippen LogP contribution in [0.1, 0.15) is 6.42 Å². The highest BCUT2D eigenvalue weighted by Gasteiger charge is 2.36. The van der Waals surface area contributed by atoms with Gasteiger partial charge < -0.3 is 13.3 Å². The largest absolute Gasteiger partial charge is 0.500 e. The lowest BCUT2D eigenvalue weighted by Gasteiger charge is -2.23. The Morgan fingerprint density at radius 2 is 1.57 bits per heavy atom. The minimum Gasteiger partial charge on any atom is -0.377 e. The van der Waals surface area contributed by atoms with Crippen molar-refractivity contribution in [2.24, 2.45) is 0 Å². The molecular weight excluding hydrogens is 220 g/mol. The Morgan fingerprint density at radius 1 is 1.21 bits per heavy atom. The van der Waals surface area contributed by atoms with Crippen LogP contribution in [0.5, 0.6) is 0 Å². The van der Waals surface area contributed by atoms with Gasteiger partial charge in [-0.3, -0.25) is 0 Å². The van der Waals surface area contributed by atoms with Gasteiger partial charge >= 0.3 is 8.80 Å². The number of hydrogen-bond donors (Lipinski definition) is 0. The van der Waals surface area contributed by atoms with Gasteiger partial charge in [-0.1, -0.05) is 6.08 Å². The molecule has 0 N–H and O–H groups in total. The zero-order chi connectivity index (χ0) is 11.4. The van der Waals surface area contributed by atoms with Crippen molar-refractivity contribution < 1.29 is 13.3 Å². The number of hydrogen-bond acceptors (Lipinski definition) is 3. The summed E-state index contributed by atoms with van der Waals surface area (Å²) in [5.41, 5.74) is 0. The van der Waals surface area contributed by atoms with Crippen LogP contribution in [-0.2, 0) is 13.3 Å². The maximum Gasteiger partial charge on any atom is 0.500 e. The standard InChI is InChI=1S/C6H15ClO3Si.C3H5/c1-8-11(9-2,10-3)6-4-5-7;1-3-2/h4-6H2,1-3H3;3H,1-2H2. The predicted molar refractivity (Wildman–Crippen MR) is 62.5 cm³/mol. The van der Waals surface area contributed by atoms with Gasteiger partial charge in [0.05, 0.1) is 0 Å². The molecule has 1 radical (unpaired) electrons. The van der Waals surface area contributed by atoms with Crippen molar-refractivity contribution in [2.45, 2.75) is 12.5 Å². The fourth-order valence-corrected chi connectivity index (χ4v) is 2.92. The summed E-state index contributed by atoms with van der Waals surface area (Å²) in [6.45, 7) is 6.50. The third-order valence-corrected chi connectivity index (χ3v) is 4.65. The molecule has 0 aromatic heterocycles. The van der Waals surface area contributed by atoms with Crippen LogP contribution in [0.3, 0.4) is 0 Å². The van der Waals surface area contributed by atoms with Gasteiger partial charge in [-0.15, -0.1) is 18.2 Å².